The topological polar surface area (TPSA) is 92.9 Å². The van der Waals surface area contributed by atoms with E-state index in [1.54, 1.807) is 33.8 Å². The largest absolute Gasteiger partial charge is 0.461 e. The molecule has 1 aromatic rings. The van der Waals surface area contributed by atoms with Crippen LogP contribution in [0.25, 0.3) is 0 Å². The molecule has 2 N–H and O–H groups in total. The van der Waals surface area contributed by atoms with Crippen LogP contribution in [0.2, 0.25) is 0 Å². The molecule has 0 saturated carbocycles. The van der Waals surface area contributed by atoms with Crippen molar-refractivity contribution < 1.29 is 37.0 Å². The zero-order valence-electron chi connectivity index (χ0n) is 17.1. The Morgan fingerprint density at radius 2 is 1.93 bits per heavy atom. The van der Waals surface area contributed by atoms with Crippen LogP contribution in [0.5, 0.6) is 0 Å². The Morgan fingerprint density at radius 3 is 2.48 bits per heavy atom. The van der Waals surface area contributed by atoms with Crippen LogP contribution >= 0.6 is 0 Å². The lowest BCUT2D eigenvalue weighted by atomic mass is 10.2. The van der Waals surface area contributed by atoms with Gasteiger partial charge in [-0.1, -0.05) is 0 Å². The Labute approximate surface area is 167 Å². The SMILES string of the molecule is CCOC(=O)c1[nH]ccc1NCCOC(C(F)F)C(F)N(C)C(=O)OC(C)(C)C. The Morgan fingerprint density at radius 1 is 1.28 bits per heavy atom. The van der Waals surface area contributed by atoms with E-state index < -0.39 is 36.5 Å². The Kier molecular flexibility index (Phi) is 9.28. The normalized spacial score (nSPS) is 13.7. The van der Waals surface area contributed by atoms with Crippen LogP contribution in [0.4, 0.5) is 23.7 Å². The number of anilines is 1. The van der Waals surface area contributed by atoms with E-state index in [0.29, 0.717) is 10.6 Å². The number of alkyl halides is 3. The average molecular weight is 423 g/mol. The number of hydrogen-bond donors (Lipinski definition) is 2. The number of carbonyl (C=O) groups excluding carboxylic acids is 2. The number of nitrogens with zero attached hydrogens (tertiary/aromatic N) is 1. The van der Waals surface area contributed by atoms with E-state index in [4.69, 9.17) is 14.2 Å². The van der Waals surface area contributed by atoms with Gasteiger partial charge < -0.3 is 24.5 Å². The number of likely N-dealkylation sites (N-methyl/N-ethyl adjacent to an activating group) is 1. The van der Waals surface area contributed by atoms with Crippen LogP contribution in [-0.4, -0.2) is 73.2 Å². The number of ether oxygens (including phenoxy) is 3. The molecule has 1 aromatic heterocycles. The summed E-state index contributed by atoms with van der Waals surface area (Å²) in [4.78, 5) is 26.8. The predicted octanol–water partition coefficient (Wildman–Crippen LogP) is 3.42. The molecule has 0 aliphatic rings. The molecular formula is C18H28F3N3O5. The number of halogens is 3. The van der Waals surface area contributed by atoms with Gasteiger partial charge in [0.2, 0.25) is 6.30 Å². The zero-order valence-corrected chi connectivity index (χ0v) is 17.1. The van der Waals surface area contributed by atoms with Gasteiger partial charge in [0, 0.05) is 19.8 Å². The third kappa shape index (κ3) is 7.84. The molecule has 166 valence electrons. The summed E-state index contributed by atoms with van der Waals surface area (Å²) in [5.74, 6) is -0.575. The number of carbonyl (C=O) groups is 2. The van der Waals surface area contributed by atoms with Gasteiger partial charge in [-0.05, 0) is 33.8 Å². The fraction of sp³-hybridized carbons (Fsp3) is 0.667. The maximum Gasteiger partial charge on any atom is 0.412 e. The highest BCUT2D eigenvalue weighted by Crippen LogP contribution is 2.19. The Balaban J connectivity index is 2.60. The molecule has 0 aliphatic heterocycles. The van der Waals surface area contributed by atoms with E-state index in [9.17, 15) is 22.8 Å². The molecule has 0 aliphatic carbocycles. The highest BCUT2D eigenvalue weighted by molar-refractivity contribution is 5.93. The molecule has 0 spiro atoms. The highest BCUT2D eigenvalue weighted by atomic mass is 19.3. The molecule has 2 atom stereocenters. The summed E-state index contributed by atoms with van der Waals surface area (Å²) in [6.07, 6.45) is -7.32. The summed E-state index contributed by atoms with van der Waals surface area (Å²) in [5.41, 5.74) is -0.336. The van der Waals surface area contributed by atoms with Crippen molar-refractivity contribution in [2.45, 2.75) is 52.1 Å². The van der Waals surface area contributed by atoms with Gasteiger partial charge in [0.05, 0.1) is 18.9 Å². The van der Waals surface area contributed by atoms with Crippen molar-refractivity contribution in [3.63, 3.8) is 0 Å². The van der Waals surface area contributed by atoms with Crippen molar-refractivity contribution in [2.24, 2.45) is 0 Å². The first kappa shape index (κ1) is 24.6. The van der Waals surface area contributed by atoms with Crippen molar-refractivity contribution >= 4 is 17.7 Å². The smallest absolute Gasteiger partial charge is 0.412 e. The lowest BCUT2D eigenvalue weighted by molar-refractivity contribution is -0.125. The van der Waals surface area contributed by atoms with Gasteiger partial charge in [0.1, 0.15) is 11.3 Å². The maximum absolute atomic E-state index is 14.4. The fourth-order valence-electron chi connectivity index (χ4n) is 2.20. The van der Waals surface area contributed by atoms with E-state index in [0.717, 1.165) is 7.05 Å². The molecule has 11 heteroatoms. The number of nitrogens with one attached hydrogen (secondary N) is 2. The number of H-pyrrole nitrogens is 1. The summed E-state index contributed by atoms with van der Waals surface area (Å²) in [7, 11) is 1.02. The molecule has 1 rings (SSSR count). The lowest BCUT2D eigenvalue weighted by Gasteiger charge is -2.30. The summed E-state index contributed by atoms with van der Waals surface area (Å²) in [5, 5.41) is 2.82. The summed E-state index contributed by atoms with van der Waals surface area (Å²) >= 11 is 0. The summed E-state index contributed by atoms with van der Waals surface area (Å²) < 4.78 is 55.7. The minimum atomic E-state index is -3.17. The Bertz CT molecular complexity index is 663. The van der Waals surface area contributed by atoms with Crippen LogP contribution in [0.15, 0.2) is 12.3 Å². The maximum atomic E-state index is 14.4. The molecule has 0 bridgehead atoms. The third-order valence-electron chi connectivity index (χ3n) is 3.53. The minimum absolute atomic E-state index is 0.0103. The first-order chi connectivity index (χ1) is 13.5. The number of rotatable bonds is 10. The van der Waals surface area contributed by atoms with Crippen LogP contribution in [-0.2, 0) is 14.2 Å². The van der Waals surface area contributed by atoms with Gasteiger partial charge in [-0.15, -0.1) is 0 Å². The molecular weight excluding hydrogens is 395 g/mol. The highest BCUT2D eigenvalue weighted by Gasteiger charge is 2.37. The molecule has 2 unspecified atom stereocenters. The van der Waals surface area contributed by atoms with E-state index in [-0.39, 0.29) is 25.5 Å². The number of aromatic nitrogens is 1. The minimum Gasteiger partial charge on any atom is -0.461 e. The van der Waals surface area contributed by atoms with Gasteiger partial charge in [0.25, 0.3) is 6.43 Å². The van der Waals surface area contributed by atoms with Crippen molar-refractivity contribution in [1.29, 1.82) is 0 Å². The van der Waals surface area contributed by atoms with E-state index in [1.165, 1.54) is 6.20 Å². The summed E-state index contributed by atoms with van der Waals surface area (Å²) in [6.45, 7) is 6.29. The molecule has 1 amide bonds. The zero-order chi connectivity index (χ0) is 22.2. The van der Waals surface area contributed by atoms with Crippen LogP contribution in [0, 0.1) is 0 Å². The van der Waals surface area contributed by atoms with Gasteiger partial charge >= 0.3 is 12.1 Å². The second-order valence-electron chi connectivity index (χ2n) is 7.05. The average Bonchev–Trinajstić information content (AvgIpc) is 3.07. The Hall–Kier alpha value is -2.43. The predicted molar refractivity (Wildman–Crippen MR) is 99.9 cm³/mol. The summed E-state index contributed by atoms with van der Waals surface area (Å²) in [6, 6.07) is 1.56. The molecule has 29 heavy (non-hydrogen) atoms. The van der Waals surface area contributed by atoms with E-state index in [1.807, 2.05) is 0 Å². The van der Waals surface area contributed by atoms with Crippen molar-refractivity contribution in [2.75, 3.05) is 32.1 Å². The number of amides is 1. The van der Waals surface area contributed by atoms with Crippen LogP contribution in [0.3, 0.4) is 0 Å². The molecule has 0 radical (unpaired) electrons. The molecule has 0 fully saturated rings. The second kappa shape index (κ2) is 10.9. The van der Waals surface area contributed by atoms with Crippen molar-refractivity contribution in [3.05, 3.63) is 18.0 Å². The van der Waals surface area contributed by atoms with Gasteiger partial charge in [-0.25, -0.2) is 22.8 Å². The number of hydrogen-bond acceptors (Lipinski definition) is 6. The monoisotopic (exact) mass is 423 g/mol. The standard InChI is InChI=1S/C18H28F3N3O5/c1-6-27-16(25)12-11(7-8-23-12)22-9-10-28-13(14(19)20)15(21)24(5)17(26)29-18(2,3)4/h7-8,13-15,22-23H,6,9-10H2,1-5H3. The lowest BCUT2D eigenvalue weighted by Crippen LogP contribution is -2.48. The molecule has 0 saturated heterocycles. The first-order valence-electron chi connectivity index (χ1n) is 9.06. The first-order valence-corrected chi connectivity index (χ1v) is 9.06. The number of aromatic amines is 1. The number of esters is 1. The van der Waals surface area contributed by atoms with Crippen molar-refractivity contribution in [3.8, 4) is 0 Å². The van der Waals surface area contributed by atoms with Crippen molar-refractivity contribution in [1.82, 2.24) is 9.88 Å². The molecule has 0 aromatic carbocycles. The quantitative estimate of drug-likeness (QED) is 0.340. The van der Waals surface area contributed by atoms with Gasteiger partial charge in [0.15, 0.2) is 6.10 Å². The fourth-order valence-corrected chi connectivity index (χ4v) is 2.20. The third-order valence-corrected chi connectivity index (χ3v) is 3.53. The van der Waals surface area contributed by atoms with E-state index in [2.05, 4.69) is 10.3 Å². The second-order valence-corrected chi connectivity index (χ2v) is 7.05. The van der Waals surface area contributed by atoms with Gasteiger partial charge in [-0.2, -0.15) is 0 Å². The molecule has 1 heterocycles. The molecule has 8 nitrogen and oxygen atoms in total. The van der Waals surface area contributed by atoms with E-state index >= 15 is 0 Å². The van der Waals surface area contributed by atoms with Gasteiger partial charge in [-0.3, -0.25) is 4.90 Å². The van der Waals surface area contributed by atoms with Crippen LogP contribution < -0.4 is 5.32 Å². The van der Waals surface area contributed by atoms with Crippen LogP contribution in [0.1, 0.15) is 38.2 Å².